The molecule has 0 atom stereocenters. The largest absolute Gasteiger partial charge is 0.457 e. The van der Waals surface area contributed by atoms with Crippen molar-refractivity contribution >= 4 is 0 Å². The molecule has 588 valence electrons. The van der Waals surface area contributed by atoms with E-state index in [4.69, 9.17) is 23.7 Å². The minimum Gasteiger partial charge on any atom is -0.457 e. The van der Waals surface area contributed by atoms with Crippen LogP contribution in [0.4, 0.5) is 65.9 Å². The van der Waals surface area contributed by atoms with E-state index in [0.29, 0.717) is 23.0 Å². The molecule has 0 fully saturated rings. The maximum Gasteiger partial charge on any atom is 0.411 e. The summed E-state index contributed by atoms with van der Waals surface area (Å²) in [6.07, 6.45) is -27.0. The van der Waals surface area contributed by atoms with Crippen LogP contribution in [0.3, 0.4) is 0 Å². The second kappa shape index (κ2) is 38.0. The average molecular weight is 1580 g/mol. The van der Waals surface area contributed by atoms with E-state index in [1.165, 1.54) is 35.4 Å². The molecule has 5 nitrogen and oxygen atoms in total. The van der Waals surface area contributed by atoms with Gasteiger partial charge in [-0.15, -0.1) is 0 Å². The molecule has 14 aromatic rings. The van der Waals surface area contributed by atoms with Gasteiger partial charge in [0.25, 0.3) is 0 Å². The summed E-state index contributed by atoms with van der Waals surface area (Å²) in [5.74, 6) is 2.18. The maximum atomic E-state index is 14.4. The van der Waals surface area contributed by atoms with Gasteiger partial charge in [-0.1, -0.05) is 293 Å². The Morgan fingerprint density at radius 2 is 0.322 bits per heavy atom. The zero-order valence-electron chi connectivity index (χ0n) is 61.4. The first-order chi connectivity index (χ1) is 55.0. The quantitative estimate of drug-likeness (QED) is 0.0801. The fourth-order valence-corrected chi connectivity index (χ4v) is 12.4. The van der Waals surface area contributed by atoms with E-state index in [1.807, 2.05) is 60.7 Å². The molecule has 0 spiro atoms. The number of ether oxygens (including phenoxy) is 5. The Morgan fingerprint density at radius 3 is 0.478 bits per heavy atom. The molecule has 0 bridgehead atoms. The first-order valence-electron chi connectivity index (χ1n) is 35.6. The predicted molar refractivity (Wildman–Crippen MR) is 416 cm³/mol. The van der Waals surface area contributed by atoms with Crippen molar-refractivity contribution in [2.24, 2.45) is 0 Å². The molecule has 0 radical (unpaired) electrons. The molecule has 0 aliphatic rings. The van der Waals surface area contributed by atoms with Crippen LogP contribution >= 0.6 is 0 Å². The van der Waals surface area contributed by atoms with Gasteiger partial charge in [-0.25, -0.2) is 0 Å². The summed E-state index contributed by atoms with van der Waals surface area (Å²) < 4.78 is 239. The lowest BCUT2D eigenvalue weighted by atomic mass is 9.73. The van der Waals surface area contributed by atoms with E-state index in [-0.39, 0.29) is 39.5 Å². The summed E-state index contributed by atoms with van der Waals surface area (Å²) in [7, 11) is 0. The smallest absolute Gasteiger partial charge is 0.411 e. The van der Waals surface area contributed by atoms with Gasteiger partial charge in [0.05, 0.1) is 0 Å². The van der Waals surface area contributed by atoms with Gasteiger partial charge in [0.15, 0.2) is 0 Å². The summed E-state index contributed by atoms with van der Waals surface area (Å²) in [5, 5.41) is 0. The number of hydrogen-bond acceptors (Lipinski definition) is 5. The van der Waals surface area contributed by atoms with Gasteiger partial charge in [-0.05, 0) is 166 Å². The Hall–Kier alpha value is -13.0. The van der Waals surface area contributed by atoms with E-state index in [9.17, 15) is 65.9 Å². The molecule has 14 rings (SSSR count). The van der Waals surface area contributed by atoms with Crippen molar-refractivity contribution in [3.05, 3.63) is 445 Å². The van der Waals surface area contributed by atoms with Gasteiger partial charge in [0.1, 0.15) is 63.4 Å². The van der Waals surface area contributed by atoms with Gasteiger partial charge in [-0.3, -0.25) is 0 Å². The highest BCUT2D eigenvalue weighted by atomic mass is 19.4. The predicted octanol–water partition coefficient (Wildman–Crippen LogP) is 29.2. The highest BCUT2D eigenvalue weighted by Gasteiger charge is 2.73. The van der Waals surface area contributed by atoms with E-state index in [1.54, 1.807) is 158 Å². The average Bonchev–Trinajstić information content (AvgIpc) is 0.721. The summed E-state index contributed by atoms with van der Waals surface area (Å²) in [4.78, 5) is 0. The Morgan fingerprint density at radius 1 is 0.174 bits per heavy atom. The highest BCUT2D eigenvalue weighted by Crippen LogP contribution is 2.58. The van der Waals surface area contributed by atoms with Crippen LogP contribution < -0.4 is 23.7 Å². The first kappa shape index (κ1) is 84.5. The first-order valence-corrected chi connectivity index (χ1v) is 35.6. The molecule has 0 saturated carbocycles. The second-order valence-electron chi connectivity index (χ2n) is 26.1. The number of hydrogen-bond donors (Lipinski definition) is 0. The van der Waals surface area contributed by atoms with Crippen molar-refractivity contribution < 1.29 is 89.5 Å². The third kappa shape index (κ3) is 21.8. The topological polar surface area (TPSA) is 46.2 Å². The molecule has 20 heteroatoms. The van der Waals surface area contributed by atoms with Gasteiger partial charge in [0, 0.05) is 5.41 Å². The van der Waals surface area contributed by atoms with Crippen LogP contribution in [0.1, 0.15) is 64.3 Å². The Balaban J connectivity index is 0.000000161. The lowest BCUT2D eigenvalue weighted by molar-refractivity contribution is -0.290. The molecule has 0 amide bonds. The van der Waals surface area contributed by atoms with Crippen LogP contribution in [0.5, 0.6) is 57.5 Å². The van der Waals surface area contributed by atoms with Crippen molar-refractivity contribution in [2.45, 2.75) is 66.9 Å². The zero-order chi connectivity index (χ0) is 82.2. The molecule has 0 saturated heterocycles. The van der Waals surface area contributed by atoms with Crippen LogP contribution in [-0.2, 0) is 16.2 Å². The van der Waals surface area contributed by atoms with Gasteiger partial charge in [0.2, 0.25) is 10.8 Å². The van der Waals surface area contributed by atoms with E-state index in [0.717, 1.165) is 109 Å². The van der Waals surface area contributed by atoms with E-state index < -0.39 is 69.9 Å². The van der Waals surface area contributed by atoms with Crippen molar-refractivity contribution in [2.75, 3.05) is 0 Å². The van der Waals surface area contributed by atoms with Crippen LogP contribution in [-0.4, -0.2) is 30.9 Å². The molecular weight excluding hydrogens is 1510 g/mol. The van der Waals surface area contributed by atoms with Crippen molar-refractivity contribution in [3.8, 4) is 57.5 Å². The van der Waals surface area contributed by atoms with Crippen molar-refractivity contribution in [3.63, 3.8) is 0 Å². The Labute approximate surface area is 655 Å². The van der Waals surface area contributed by atoms with Crippen LogP contribution in [0.15, 0.2) is 400 Å². The van der Waals surface area contributed by atoms with Crippen molar-refractivity contribution in [1.82, 2.24) is 0 Å². The molecule has 0 N–H and O–H groups in total. The standard InChI is InChI=1S/2C27H18F6O2.C15H16.C14H11F3.C12H10O/c2*28-26(29,30)25(27(31,32)33,19-11-15-23(16-12-19)34-21-7-3-1-4-8-21)20-13-17-24(18-14-20)35-22-9-5-2-6-10-22;1-15(2,13-9-5-3-6-10-13)14-11-7-4-8-12-14;15-14(16,17)13(11-7-3-1-4-8-11)12-9-5-2-6-10-12;1-3-7-11(8-4-1)13-12-9-5-2-6-10-12/h2*1-18H;3-12H,1-2H3;1-10,13H;1-10H. The number of para-hydroxylation sites is 6. The minimum absolute atomic E-state index is 0.0858. The summed E-state index contributed by atoms with van der Waals surface area (Å²) in [5.41, 5.74) is -9.08. The highest BCUT2D eigenvalue weighted by molar-refractivity contribution is 5.51. The Bertz CT molecular complexity index is 4630. The summed E-state index contributed by atoms with van der Waals surface area (Å²) in [6, 6.07) is 105. The van der Waals surface area contributed by atoms with Gasteiger partial charge in [-0.2, -0.15) is 65.9 Å². The second-order valence-corrected chi connectivity index (χ2v) is 26.1. The number of benzene rings is 14. The summed E-state index contributed by atoms with van der Waals surface area (Å²) in [6.45, 7) is 4.52. The number of alkyl halides is 15. The fraction of sp³-hybridized carbons (Fsp3) is 0.116. The summed E-state index contributed by atoms with van der Waals surface area (Å²) >= 11 is 0. The van der Waals surface area contributed by atoms with Gasteiger partial charge >= 0.3 is 30.9 Å². The third-order valence-electron chi connectivity index (χ3n) is 18.1. The lowest BCUT2D eigenvalue weighted by Gasteiger charge is -2.38. The molecule has 0 aliphatic carbocycles. The zero-order valence-corrected chi connectivity index (χ0v) is 61.4. The molecular formula is C95H73F15O5. The van der Waals surface area contributed by atoms with Crippen LogP contribution in [0.2, 0.25) is 0 Å². The van der Waals surface area contributed by atoms with Crippen molar-refractivity contribution in [1.29, 1.82) is 0 Å². The monoisotopic (exact) mass is 1580 g/mol. The van der Waals surface area contributed by atoms with Crippen LogP contribution in [0.25, 0.3) is 0 Å². The molecule has 115 heavy (non-hydrogen) atoms. The van der Waals surface area contributed by atoms with E-state index in [2.05, 4.69) is 74.5 Å². The minimum atomic E-state index is -5.69. The molecule has 0 aliphatic heterocycles. The molecule has 0 heterocycles. The third-order valence-corrected chi connectivity index (χ3v) is 18.1. The maximum absolute atomic E-state index is 14.4. The van der Waals surface area contributed by atoms with Gasteiger partial charge < -0.3 is 23.7 Å². The van der Waals surface area contributed by atoms with E-state index >= 15 is 0 Å². The lowest BCUT2D eigenvalue weighted by Crippen LogP contribution is -2.54. The molecule has 0 unspecified atom stereocenters. The Kier molecular flexibility index (Phi) is 27.9. The fourth-order valence-electron chi connectivity index (χ4n) is 12.4. The normalized spacial score (nSPS) is 11.8. The SMILES string of the molecule is CC(C)(c1ccccc1)c1ccccc1.FC(F)(F)C(c1ccc(Oc2ccccc2)cc1)(c1ccc(Oc2ccccc2)cc1)C(F)(F)F.FC(F)(F)C(c1ccc(Oc2ccccc2)cc1)(c1ccc(Oc2ccccc2)cc1)C(F)(F)F.FC(F)(F)C(c1ccccc1)c1ccccc1.c1ccc(Oc2ccccc2)cc1. The van der Waals surface area contributed by atoms with Crippen LogP contribution in [0, 0.1) is 0 Å². The molecule has 14 aromatic carbocycles. The number of halogens is 15. The molecule has 0 aromatic heterocycles. The number of rotatable bonds is 18.